The molecule has 0 spiro atoms. The molecule has 0 saturated carbocycles. The summed E-state index contributed by atoms with van der Waals surface area (Å²) in [5, 5.41) is 6.45. The van der Waals surface area contributed by atoms with E-state index in [-0.39, 0.29) is 0 Å². The predicted octanol–water partition coefficient (Wildman–Crippen LogP) is 5.55. The third-order valence-corrected chi connectivity index (χ3v) is 5.62. The van der Waals surface area contributed by atoms with Crippen LogP contribution in [0, 0.1) is 13.8 Å². The number of anilines is 1. The maximum Gasteiger partial charge on any atom is 0.129 e. The monoisotopic (exact) mass is 433 g/mol. The number of hydrogen-bond acceptors (Lipinski definition) is 5. The van der Waals surface area contributed by atoms with Crippen molar-refractivity contribution in [2.45, 2.75) is 47.0 Å². The van der Waals surface area contributed by atoms with Crippen molar-refractivity contribution in [3.63, 3.8) is 0 Å². The topological polar surface area (TPSA) is 66.9 Å². The summed E-state index contributed by atoms with van der Waals surface area (Å²) in [6, 6.07) is 6.23. The second-order valence-electron chi connectivity index (χ2n) is 7.90. The number of aromatic amines is 1. The molecule has 1 fully saturated rings. The number of rotatable bonds is 2. The number of nitrogens with zero attached hydrogens (tertiary/aromatic N) is 4. The van der Waals surface area contributed by atoms with Crippen molar-refractivity contribution in [2.24, 2.45) is 0 Å². The number of hydrogen-bond donors (Lipinski definition) is 1. The highest BCUT2D eigenvalue weighted by atomic mass is 16.5. The Balaban J connectivity index is 0.000000309. The highest BCUT2D eigenvalue weighted by Gasteiger charge is 2.23. The molecule has 0 bridgehead atoms. The van der Waals surface area contributed by atoms with Crippen LogP contribution in [-0.4, -0.2) is 46.5 Å². The van der Waals surface area contributed by atoms with Gasteiger partial charge >= 0.3 is 0 Å². The molecule has 0 amide bonds. The second-order valence-corrected chi connectivity index (χ2v) is 7.90. The maximum atomic E-state index is 5.50. The number of H-pyrrole nitrogens is 1. The maximum absolute atomic E-state index is 5.50. The Morgan fingerprint density at radius 3 is 2.47 bits per heavy atom. The first kappa shape index (κ1) is 23.7. The minimum Gasteiger partial charge on any atom is -0.378 e. The van der Waals surface area contributed by atoms with Gasteiger partial charge in [-0.25, -0.2) is 4.98 Å². The van der Waals surface area contributed by atoms with Gasteiger partial charge in [0.2, 0.25) is 0 Å². The Morgan fingerprint density at radius 2 is 1.84 bits per heavy atom. The number of allylic oxidation sites excluding steroid dienone is 1. The molecule has 5 rings (SSSR count). The van der Waals surface area contributed by atoms with E-state index in [9.17, 15) is 0 Å². The highest BCUT2D eigenvalue weighted by molar-refractivity contribution is 5.81. The molecule has 6 nitrogen and oxygen atoms in total. The van der Waals surface area contributed by atoms with Gasteiger partial charge < -0.3 is 9.64 Å². The Hall–Kier alpha value is -2.99. The van der Waals surface area contributed by atoms with Gasteiger partial charge in [-0.05, 0) is 49.6 Å². The molecule has 1 aliphatic carbocycles. The van der Waals surface area contributed by atoms with Crippen LogP contribution in [-0.2, 0) is 4.74 Å². The quantitative estimate of drug-likeness (QED) is 0.574. The summed E-state index contributed by atoms with van der Waals surface area (Å²) in [4.78, 5) is 11.7. The van der Waals surface area contributed by atoms with Gasteiger partial charge in [0.15, 0.2) is 0 Å². The van der Waals surface area contributed by atoms with Gasteiger partial charge in [-0.3, -0.25) is 10.1 Å². The lowest BCUT2D eigenvalue weighted by atomic mass is 9.87. The molecule has 1 aliphatic heterocycles. The molecule has 4 heterocycles. The Labute approximate surface area is 191 Å². The second kappa shape index (κ2) is 11.6. The van der Waals surface area contributed by atoms with Crippen LogP contribution < -0.4 is 4.90 Å². The Kier molecular flexibility index (Phi) is 8.56. The number of aromatic nitrogens is 4. The minimum absolute atomic E-state index is 0.446. The van der Waals surface area contributed by atoms with Gasteiger partial charge in [0.1, 0.15) is 5.82 Å². The van der Waals surface area contributed by atoms with E-state index in [4.69, 9.17) is 9.72 Å². The minimum atomic E-state index is 0.446. The number of morpholine rings is 1. The van der Waals surface area contributed by atoms with Gasteiger partial charge in [-0.1, -0.05) is 32.9 Å². The van der Waals surface area contributed by atoms with Crippen molar-refractivity contribution in [1.29, 1.82) is 0 Å². The molecule has 6 heteroatoms. The molecule has 3 aromatic heterocycles. The first-order valence-corrected chi connectivity index (χ1v) is 11.5. The van der Waals surface area contributed by atoms with Crippen molar-refractivity contribution in [3.05, 3.63) is 65.4 Å². The average Bonchev–Trinajstić information content (AvgIpc) is 3.32. The fraction of sp³-hybridized carbons (Fsp3) is 0.423. The summed E-state index contributed by atoms with van der Waals surface area (Å²) in [6.45, 7) is 13.7. The summed E-state index contributed by atoms with van der Waals surface area (Å²) in [7, 11) is 0. The lowest BCUT2D eigenvalue weighted by molar-refractivity contribution is 0.122. The van der Waals surface area contributed by atoms with Gasteiger partial charge in [-0.2, -0.15) is 5.10 Å². The average molecular weight is 434 g/mol. The standard InChI is InChI=1S/C20H23N3O.C4H6N2.C2H6/c1-14-6-7-21-13-18(14)17-12-19(23-8-10-24-11-9-23)22-20-15(2)4-3-5-16(17)20;1-4-2-3-5-6-4;1-2/h3,5-7,12-13,15H,4,8-11H2,1-2H3;2-3H,1H3,(H,5,6);1-2H3. The van der Waals surface area contributed by atoms with Crippen LogP contribution in [0.4, 0.5) is 5.82 Å². The van der Waals surface area contributed by atoms with Crippen molar-refractivity contribution in [1.82, 2.24) is 20.2 Å². The lowest BCUT2D eigenvalue weighted by Crippen LogP contribution is -2.37. The van der Waals surface area contributed by atoms with E-state index in [0.29, 0.717) is 5.92 Å². The molecule has 1 N–H and O–H groups in total. The van der Waals surface area contributed by atoms with Crippen molar-refractivity contribution >= 4 is 11.9 Å². The number of ether oxygens (including phenoxy) is 1. The Bertz CT molecular complexity index is 1010. The van der Waals surface area contributed by atoms with E-state index in [0.717, 1.165) is 44.2 Å². The van der Waals surface area contributed by atoms with E-state index < -0.39 is 0 Å². The van der Waals surface area contributed by atoms with Gasteiger partial charge in [0.25, 0.3) is 0 Å². The van der Waals surface area contributed by atoms with Gasteiger partial charge in [0, 0.05) is 54.4 Å². The molecule has 1 saturated heterocycles. The smallest absolute Gasteiger partial charge is 0.129 e. The first-order valence-electron chi connectivity index (χ1n) is 11.5. The normalized spacial score (nSPS) is 16.9. The van der Waals surface area contributed by atoms with E-state index in [1.54, 1.807) is 6.20 Å². The van der Waals surface area contributed by atoms with E-state index in [1.165, 1.54) is 27.9 Å². The molecule has 0 radical (unpaired) electrons. The van der Waals surface area contributed by atoms with Crippen LogP contribution in [0.25, 0.3) is 17.2 Å². The number of nitrogens with one attached hydrogen (secondary N) is 1. The third-order valence-electron chi connectivity index (χ3n) is 5.62. The van der Waals surface area contributed by atoms with Gasteiger partial charge in [0.05, 0.1) is 18.9 Å². The number of fused-ring (bicyclic) bond motifs is 1. The van der Waals surface area contributed by atoms with E-state index in [2.05, 4.69) is 58.2 Å². The van der Waals surface area contributed by atoms with Crippen molar-refractivity contribution in [3.8, 4) is 11.1 Å². The Morgan fingerprint density at radius 1 is 1.06 bits per heavy atom. The van der Waals surface area contributed by atoms with Crippen LogP contribution in [0.2, 0.25) is 0 Å². The molecule has 3 aromatic rings. The first-order chi connectivity index (χ1) is 15.6. The molecule has 1 atom stereocenters. The number of pyridine rings is 2. The zero-order valence-electron chi connectivity index (χ0n) is 19.9. The molecule has 2 aliphatic rings. The largest absolute Gasteiger partial charge is 0.378 e. The SMILES string of the molecule is CC.Cc1ccn[nH]1.Cc1ccncc1-c1cc(N2CCOCC2)nc2c1C=CCC2C. The van der Waals surface area contributed by atoms with E-state index in [1.807, 2.05) is 39.2 Å². The van der Waals surface area contributed by atoms with Crippen LogP contribution >= 0.6 is 0 Å². The molecular weight excluding hydrogens is 398 g/mol. The summed E-state index contributed by atoms with van der Waals surface area (Å²) < 4.78 is 5.50. The van der Waals surface area contributed by atoms with Crippen LogP contribution in [0.5, 0.6) is 0 Å². The van der Waals surface area contributed by atoms with Gasteiger partial charge in [-0.15, -0.1) is 0 Å². The van der Waals surface area contributed by atoms with Crippen molar-refractivity contribution < 1.29 is 4.74 Å². The van der Waals surface area contributed by atoms with Crippen LogP contribution in [0.3, 0.4) is 0 Å². The molecule has 170 valence electrons. The van der Waals surface area contributed by atoms with Crippen LogP contribution in [0.15, 0.2) is 42.9 Å². The zero-order valence-corrected chi connectivity index (χ0v) is 19.9. The van der Waals surface area contributed by atoms with E-state index >= 15 is 0 Å². The predicted molar refractivity (Wildman–Crippen MR) is 132 cm³/mol. The molecule has 0 aromatic carbocycles. The highest BCUT2D eigenvalue weighted by Crippen LogP contribution is 2.38. The summed E-state index contributed by atoms with van der Waals surface area (Å²) in [5.41, 5.74) is 7.26. The van der Waals surface area contributed by atoms with Crippen molar-refractivity contribution in [2.75, 3.05) is 31.2 Å². The number of aryl methyl sites for hydroxylation is 2. The summed E-state index contributed by atoms with van der Waals surface area (Å²) in [6.07, 6.45) is 11.1. The molecule has 32 heavy (non-hydrogen) atoms. The molecular formula is C26H35N5O. The molecule has 1 unspecified atom stereocenters. The lowest BCUT2D eigenvalue weighted by Gasteiger charge is -2.30. The summed E-state index contributed by atoms with van der Waals surface area (Å²) >= 11 is 0. The van der Waals surface area contributed by atoms with Crippen LogP contribution in [0.1, 0.15) is 55.6 Å². The summed E-state index contributed by atoms with van der Waals surface area (Å²) in [5.74, 6) is 1.51. The fourth-order valence-electron chi connectivity index (χ4n) is 3.86. The third kappa shape index (κ3) is 5.62. The zero-order chi connectivity index (χ0) is 22.9. The fourth-order valence-corrected chi connectivity index (χ4v) is 3.86.